The normalized spacial score (nSPS) is 19.9. The van der Waals surface area contributed by atoms with Gasteiger partial charge in [0, 0.05) is 0 Å². The fourth-order valence-electron chi connectivity index (χ4n) is 4.09. The molecule has 2 nitrogen and oxygen atoms in total. The summed E-state index contributed by atoms with van der Waals surface area (Å²) < 4.78 is 5.50. The van der Waals surface area contributed by atoms with E-state index in [0.717, 1.165) is 11.5 Å². The number of carbonyl (C=O) groups is 1. The van der Waals surface area contributed by atoms with Crippen LogP contribution in [0.1, 0.15) is 79.8 Å². The Morgan fingerprint density at radius 3 is 2.26 bits per heavy atom. The van der Waals surface area contributed by atoms with Crippen molar-refractivity contribution in [3.63, 3.8) is 0 Å². The van der Waals surface area contributed by atoms with E-state index >= 15 is 0 Å². The van der Waals surface area contributed by atoms with E-state index < -0.39 is 0 Å². The van der Waals surface area contributed by atoms with Gasteiger partial charge in [0.05, 0.1) is 5.56 Å². The number of allylic oxidation sites excluding steroid dienone is 1. The molecule has 0 saturated heterocycles. The lowest BCUT2D eigenvalue weighted by Gasteiger charge is -2.28. The molecule has 1 fully saturated rings. The smallest absolute Gasteiger partial charge is 0.343 e. The molecule has 0 bridgehead atoms. The molecule has 27 heavy (non-hydrogen) atoms. The average molecular weight is 363 g/mol. The van der Waals surface area contributed by atoms with Crippen molar-refractivity contribution >= 4 is 12.0 Å². The lowest BCUT2D eigenvalue weighted by molar-refractivity contribution is 0.0734. The predicted molar refractivity (Wildman–Crippen MR) is 112 cm³/mol. The molecule has 0 N–H and O–H groups in total. The third kappa shape index (κ3) is 5.32. The number of esters is 1. The van der Waals surface area contributed by atoms with Crippen LogP contribution in [0.3, 0.4) is 0 Å². The highest BCUT2D eigenvalue weighted by atomic mass is 16.5. The first-order valence-electron chi connectivity index (χ1n) is 10.2. The third-order valence-corrected chi connectivity index (χ3v) is 5.61. The summed E-state index contributed by atoms with van der Waals surface area (Å²) >= 11 is 0. The van der Waals surface area contributed by atoms with Crippen LogP contribution in [0.25, 0.3) is 6.08 Å². The van der Waals surface area contributed by atoms with Crippen LogP contribution in [-0.4, -0.2) is 5.97 Å². The standard InChI is InChI=1S/C25H30O2/c1-3-5-19-7-11-21(12-8-19)22-13-15-23(16-14-22)25(26)27-24-17-9-20(6-4-2)10-18-24/h4,6,9-10,13-19,21H,3,5,7-8,11-12H2,1-2H3/b6-4+. The number of benzene rings is 2. The van der Waals surface area contributed by atoms with Crippen molar-refractivity contribution in [2.75, 3.05) is 0 Å². The van der Waals surface area contributed by atoms with E-state index in [-0.39, 0.29) is 5.97 Å². The van der Waals surface area contributed by atoms with Crippen LogP contribution in [-0.2, 0) is 0 Å². The molecule has 1 saturated carbocycles. The van der Waals surface area contributed by atoms with Gasteiger partial charge in [-0.1, -0.05) is 56.2 Å². The van der Waals surface area contributed by atoms with Gasteiger partial charge in [-0.15, -0.1) is 0 Å². The molecular weight excluding hydrogens is 332 g/mol. The Labute approximate surface area is 163 Å². The molecular formula is C25H30O2. The highest BCUT2D eigenvalue weighted by Crippen LogP contribution is 2.37. The van der Waals surface area contributed by atoms with E-state index in [9.17, 15) is 4.79 Å². The maximum absolute atomic E-state index is 12.4. The molecule has 0 aliphatic heterocycles. The molecule has 3 rings (SSSR count). The second-order valence-electron chi connectivity index (χ2n) is 7.59. The first-order chi connectivity index (χ1) is 13.2. The van der Waals surface area contributed by atoms with Crippen molar-refractivity contribution < 1.29 is 9.53 Å². The van der Waals surface area contributed by atoms with Gasteiger partial charge in [-0.05, 0) is 79.8 Å². The fourth-order valence-corrected chi connectivity index (χ4v) is 4.09. The number of hydrogen-bond acceptors (Lipinski definition) is 2. The molecule has 2 aromatic rings. The largest absolute Gasteiger partial charge is 0.423 e. The van der Waals surface area contributed by atoms with Crippen molar-refractivity contribution in [3.05, 3.63) is 71.3 Å². The number of ether oxygens (including phenoxy) is 1. The molecule has 0 heterocycles. The maximum atomic E-state index is 12.4. The summed E-state index contributed by atoms with van der Waals surface area (Å²) in [4.78, 5) is 12.4. The van der Waals surface area contributed by atoms with Crippen molar-refractivity contribution in [1.82, 2.24) is 0 Å². The number of rotatable bonds is 6. The molecule has 0 radical (unpaired) electrons. The Bertz CT molecular complexity index is 748. The van der Waals surface area contributed by atoms with Crippen molar-refractivity contribution in [2.45, 2.75) is 58.3 Å². The van der Waals surface area contributed by atoms with Crippen LogP contribution in [0.5, 0.6) is 5.75 Å². The second-order valence-corrected chi connectivity index (χ2v) is 7.59. The highest BCUT2D eigenvalue weighted by Gasteiger charge is 2.22. The lowest BCUT2D eigenvalue weighted by atomic mass is 9.77. The van der Waals surface area contributed by atoms with Gasteiger partial charge in [0.15, 0.2) is 0 Å². The Morgan fingerprint density at radius 1 is 1.00 bits per heavy atom. The van der Waals surface area contributed by atoms with E-state index in [1.54, 1.807) is 0 Å². The Kier molecular flexibility index (Phi) is 6.86. The van der Waals surface area contributed by atoms with Gasteiger partial charge < -0.3 is 4.74 Å². The van der Waals surface area contributed by atoms with Gasteiger partial charge in [-0.25, -0.2) is 4.79 Å². The summed E-state index contributed by atoms with van der Waals surface area (Å²) in [5, 5.41) is 0. The topological polar surface area (TPSA) is 26.3 Å². The van der Waals surface area contributed by atoms with Crippen LogP contribution in [0.15, 0.2) is 54.6 Å². The van der Waals surface area contributed by atoms with Crippen LogP contribution >= 0.6 is 0 Å². The minimum atomic E-state index is -0.299. The summed E-state index contributed by atoms with van der Waals surface area (Å²) in [5.74, 6) is 1.83. The predicted octanol–water partition coefficient (Wildman–Crippen LogP) is 7.01. The SMILES string of the molecule is C/C=C/c1ccc(OC(=O)c2ccc(C3CCC(CCC)CC3)cc2)cc1. The van der Waals surface area contributed by atoms with Gasteiger partial charge >= 0.3 is 5.97 Å². The summed E-state index contributed by atoms with van der Waals surface area (Å²) in [6.07, 6.45) is 11.9. The van der Waals surface area contributed by atoms with Crippen LogP contribution in [0.2, 0.25) is 0 Å². The molecule has 2 aromatic carbocycles. The minimum absolute atomic E-state index is 0.299. The van der Waals surface area contributed by atoms with Crippen LogP contribution in [0, 0.1) is 5.92 Å². The average Bonchev–Trinajstić information content (AvgIpc) is 2.71. The van der Waals surface area contributed by atoms with Gasteiger partial charge in [0.25, 0.3) is 0 Å². The van der Waals surface area contributed by atoms with E-state index in [2.05, 4.69) is 19.1 Å². The van der Waals surface area contributed by atoms with E-state index in [0.29, 0.717) is 17.2 Å². The molecule has 0 spiro atoms. The summed E-state index contributed by atoms with van der Waals surface area (Å²) in [7, 11) is 0. The Hall–Kier alpha value is -2.35. The van der Waals surface area contributed by atoms with E-state index in [1.807, 2.05) is 55.5 Å². The van der Waals surface area contributed by atoms with Gasteiger partial charge in [-0.3, -0.25) is 0 Å². The highest BCUT2D eigenvalue weighted by molar-refractivity contribution is 5.91. The van der Waals surface area contributed by atoms with Gasteiger partial charge in [0.2, 0.25) is 0 Å². The molecule has 0 atom stereocenters. The van der Waals surface area contributed by atoms with Crippen molar-refractivity contribution in [1.29, 1.82) is 0 Å². The maximum Gasteiger partial charge on any atom is 0.343 e. The van der Waals surface area contributed by atoms with Crippen LogP contribution in [0.4, 0.5) is 0 Å². The third-order valence-electron chi connectivity index (χ3n) is 5.61. The van der Waals surface area contributed by atoms with Crippen molar-refractivity contribution in [2.24, 2.45) is 5.92 Å². The zero-order valence-electron chi connectivity index (χ0n) is 16.5. The summed E-state index contributed by atoms with van der Waals surface area (Å²) in [6.45, 7) is 4.26. The first kappa shape index (κ1) is 19.4. The minimum Gasteiger partial charge on any atom is -0.423 e. The second kappa shape index (κ2) is 9.55. The number of hydrogen-bond donors (Lipinski definition) is 0. The molecule has 0 unspecified atom stereocenters. The summed E-state index contributed by atoms with van der Waals surface area (Å²) in [6, 6.07) is 15.6. The zero-order valence-corrected chi connectivity index (χ0v) is 16.5. The van der Waals surface area contributed by atoms with Gasteiger partial charge in [0.1, 0.15) is 5.75 Å². The molecule has 0 amide bonds. The quantitative estimate of drug-likeness (QED) is 0.408. The zero-order chi connectivity index (χ0) is 19.1. The van der Waals surface area contributed by atoms with E-state index in [4.69, 9.17) is 4.74 Å². The molecule has 0 aromatic heterocycles. The molecule has 2 heteroatoms. The Balaban J connectivity index is 1.57. The van der Waals surface area contributed by atoms with Crippen LogP contribution < -0.4 is 4.74 Å². The monoisotopic (exact) mass is 362 g/mol. The fraction of sp³-hybridized carbons (Fsp3) is 0.400. The van der Waals surface area contributed by atoms with E-state index in [1.165, 1.54) is 44.1 Å². The molecule has 1 aliphatic rings. The first-order valence-corrected chi connectivity index (χ1v) is 10.2. The molecule has 142 valence electrons. The van der Waals surface area contributed by atoms with Gasteiger partial charge in [-0.2, -0.15) is 0 Å². The summed E-state index contributed by atoms with van der Waals surface area (Å²) in [5.41, 5.74) is 3.06. The van der Waals surface area contributed by atoms with Crippen molar-refractivity contribution in [3.8, 4) is 5.75 Å². The molecule has 1 aliphatic carbocycles. The number of carbonyl (C=O) groups excluding carboxylic acids is 1. The Morgan fingerprint density at radius 2 is 1.67 bits per heavy atom. The lowest BCUT2D eigenvalue weighted by Crippen LogP contribution is -2.13.